The molecular weight excluding hydrogens is 170 g/mol. The zero-order valence-corrected chi connectivity index (χ0v) is 9.11. The minimum atomic E-state index is 0.646. The monoisotopic (exact) mass is 189 g/mol. The summed E-state index contributed by atoms with van der Waals surface area (Å²) in [6, 6.07) is 11.5. The summed E-state index contributed by atoms with van der Waals surface area (Å²) >= 11 is 0. The lowest BCUT2D eigenvalue weighted by Gasteiger charge is -2.36. The van der Waals surface area contributed by atoms with Gasteiger partial charge >= 0.3 is 0 Å². The third-order valence-electron chi connectivity index (χ3n) is 3.25. The first kappa shape index (κ1) is 9.72. The van der Waals surface area contributed by atoms with E-state index in [0.29, 0.717) is 6.04 Å². The van der Waals surface area contributed by atoms with Crippen molar-refractivity contribution in [1.82, 2.24) is 4.90 Å². The van der Waals surface area contributed by atoms with Crippen molar-refractivity contribution in [2.75, 3.05) is 13.6 Å². The maximum atomic E-state index is 2.49. The molecule has 0 bridgehead atoms. The van der Waals surface area contributed by atoms with Crippen molar-refractivity contribution in [1.29, 1.82) is 0 Å². The first-order chi connectivity index (χ1) is 6.77. The molecule has 1 saturated heterocycles. The van der Waals surface area contributed by atoms with E-state index in [9.17, 15) is 0 Å². The van der Waals surface area contributed by atoms with E-state index in [0.717, 1.165) is 5.92 Å². The molecule has 1 aliphatic rings. The summed E-state index contributed by atoms with van der Waals surface area (Å²) in [6.07, 6.45) is 2.67. The number of benzene rings is 1. The Morgan fingerprint density at radius 1 is 1.14 bits per heavy atom. The summed E-state index contributed by atoms with van der Waals surface area (Å²) < 4.78 is 0. The third kappa shape index (κ3) is 1.98. The second-order valence-electron chi connectivity index (χ2n) is 4.55. The van der Waals surface area contributed by atoms with Crippen LogP contribution >= 0.6 is 0 Å². The van der Waals surface area contributed by atoms with Gasteiger partial charge in [0.05, 0.1) is 0 Å². The maximum Gasteiger partial charge on any atom is 0.0345 e. The van der Waals surface area contributed by atoms with E-state index in [1.165, 1.54) is 24.9 Å². The van der Waals surface area contributed by atoms with Crippen molar-refractivity contribution in [3.63, 3.8) is 0 Å². The minimum absolute atomic E-state index is 0.646. The Morgan fingerprint density at radius 2 is 1.86 bits per heavy atom. The Labute approximate surface area is 86.7 Å². The van der Waals surface area contributed by atoms with Crippen LogP contribution in [0.4, 0.5) is 0 Å². The second-order valence-corrected chi connectivity index (χ2v) is 4.55. The van der Waals surface area contributed by atoms with Gasteiger partial charge < -0.3 is 0 Å². The molecule has 2 atom stereocenters. The molecule has 14 heavy (non-hydrogen) atoms. The van der Waals surface area contributed by atoms with Crippen LogP contribution in [-0.4, -0.2) is 18.5 Å². The zero-order chi connectivity index (χ0) is 9.97. The predicted octanol–water partition coefficient (Wildman–Crippen LogP) is 3.09. The molecule has 0 aromatic heterocycles. The topological polar surface area (TPSA) is 3.24 Å². The van der Waals surface area contributed by atoms with Crippen LogP contribution in [0.15, 0.2) is 30.3 Å². The normalized spacial score (nSPS) is 29.0. The van der Waals surface area contributed by atoms with Crippen molar-refractivity contribution >= 4 is 0 Å². The molecule has 0 saturated carbocycles. The summed E-state index contributed by atoms with van der Waals surface area (Å²) in [5, 5.41) is 0. The number of nitrogens with zero attached hydrogens (tertiary/aromatic N) is 1. The summed E-state index contributed by atoms with van der Waals surface area (Å²) in [5.74, 6) is 0.861. The van der Waals surface area contributed by atoms with Gasteiger partial charge in [0.1, 0.15) is 0 Å². The summed E-state index contributed by atoms with van der Waals surface area (Å²) in [7, 11) is 2.24. The van der Waals surface area contributed by atoms with Gasteiger partial charge in [-0.2, -0.15) is 0 Å². The average Bonchev–Trinajstić information content (AvgIpc) is 2.19. The molecule has 0 aliphatic carbocycles. The summed E-state index contributed by atoms with van der Waals surface area (Å²) in [4.78, 5) is 2.49. The van der Waals surface area contributed by atoms with Gasteiger partial charge in [-0.05, 0) is 31.4 Å². The molecule has 1 aliphatic heterocycles. The largest absolute Gasteiger partial charge is 0.299 e. The number of likely N-dealkylation sites (tertiary alicyclic amines) is 1. The van der Waals surface area contributed by atoms with Gasteiger partial charge in [0, 0.05) is 12.6 Å². The minimum Gasteiger partial charge on any atom is -0.299 e. The summed E-state index contributed by atoms with van der Waals surface area (Å²) in [5.41, 5.74) is 1.47. The Hall–Kier alpha value is -0.820. The highest BCUT2D eigenvalue weighted by Crippen LogP contribution is 2.31. The maximum absolute atomic E-state index is 2.49. The Morgan fingerprint density at radius 3 is 2.50 bits per heavy atom. The van der Waals surface area contributed by atoms with Crippen molar-refractivity contribution in [3.8, 4) is 0 Å². The van der Waals surface area contributed by atoms with Gasteiger partial charge in [0.15, 0.2) is 0 Å². The molecule has 2 rings (SSSR count). The number of hydrogen-bond acceptors (Lipinski definition) is 1. The highest BCUT2D eigenvalue weighted by atomic mass is 15.1. The highest BCUT2D eigenvalue weighted by Gasteiger charge is 2.23. The van der Waals surface area contributed by atoms with E-state index in [2.05, 4.69) is 49.2 Å². The molecule has 0 N–H and O–H groups in total. The van der Waals surface area contributed by atoms with Crippen molar-refractivity contribution in [2.45, 2.75) is 25.8 Å². The van der Waals surface area contributed by atoms with E-state index in [1.54, 1.807) is 0 Å². The fraction of sp³-hybridized carbons (Fsp3) is 0.538. The van der Waals surface area contributed by atoms with Crippen LogP contribution in [0, 0.1) is 5.92 Å². The van der Waals surface area contributed by atoms with Crippen LogP contribution in [-0.2, 0) is 0 Å². The van der Waals surface area contributed by atoms with Crippen LogP contribution in [0.1, 0.15) is 31.4 Å². The van der Waals surface area contributed by atoms with Gasteiger partial charge in [0.2, 0.25) is 0 Å². The van der Waals surface area contributed by atoms with E-state index >= 15 is 0 Å². The fourth-order valence-corrected chi connectivity index (χ4v) is 2.47. The van der Waals surface area contributed by atoms with Gasteiger partial charge in [-0.1, -0.05) is 37.3 Å². The molecule has 1 nitrogen and oxygen atoms in total. The lowest BCUT2D eigenvalue weighted by Crippen LogP contribution is -2.33. The van der Waals surface area contributed by atoms with Crippen LogP contribution in [0.25, 0.3) is 0 Å². The van der Waals surface area contributed by atoms with Gasteiger partial charge in [-0.15, -0.1) is 0 Å². The lowest BCUT2D eigenvalue weighted by atomic mass is 9.90. The average molecular weight is 189 g/mol. The molecular formula is C13H19N. The third-order valence-corrected chi connectivity index (χ3v) is 3.25. The molecule has 1 aromatic carbocycles. The molecule has 1 heteroatoms. The number of piperidine rings is 1. The Balaban J connectivity index is 2.12. The molecule has 0 amide bonds. The quantitative estimate of drug-likeness (QED) is 0.656. The van der Waals surface area contributed by atoms with Gasteiger partial charge in [0.25, 0.3) is 0 Å². The molecule has 0 spiro atoms. The molecule has 76 valence electrons. The molecule has 0 radical (unpaired) electrons. The standard InChI is InChI=1S/C13H19N/c1-11-8-9-13(14(2)10-11)12-6-4-3-5-7-12/h3-7,11,13H,8-10H2,1-2H3/t11-,13-/m1/s1. The van der Waals surface area contributed by atoms with Crippen LogP contribution < -0.4 is 0 Å². The first-order valence-corrected chi connectivity index (χ1v) is 5.52. The van der Waals surface area contributed by atoms with Gasteiger partial charge in [-0.25, -0.2) is 0 Å². The molecule has 1 fully saturated rings. The van der Waals surface area contributed by atoms with E-state index in [4.69, 9.17) is 0 Å². The lowest BCUT2D eigenvalue weighted by molar-refractivity contribution is 0.146. The van der Waals surface area contributed by atoms with Crippen molar-refractivity contribution in [3.05, 3.63) is 35.9 Å². The van der Waals surface area contributed by atoms with Crippen molar-refractivity contribution < 1.29 is 0 Å². The first-order valence-electron chi connectivity index (χ1n) is 5.52. The smallest absolute Gasteiger partial charge is 0.0345 e. The van der Waals surface area contributed by atoms with E-state index in [1.807, 2.05) is 0 Å². The molecule has 1 heterocycles. The summed E-state index contributed by atoms with van der Waals surface area (Å²) in [6.45, 7) is 3.58. The molecule has 1 aromatic rings. The van der Waals surface area contributed by atoms with E-state index in [-0.39, 0.29) is 0 Å². The van der Waals surface area contributed by atoms with Gasteiger partial charge in [-0.3, -0.25) is 4.90 Å². The predicted molar refractivity (Wildman–Crippen MR) is 60.2 cm³/mol. The second kappa shape index (κ2) is 4.14. The van der Waals surface area contributed by atoms with Crippen molar-refractivity contribution in [2.24, 2.45) is 5.92 Å². The number of rotatable bonds is 1. The molecule has 0 unspecified atom stereocenters. The van der Waals surface area contributed by atoms with Crippen LogP contribution in [0.3, 0.4) is 0 Å². The zero-order valence-electron chi connectivity index (χ0n) is 9.11. The number of hydrogen-bond donors (Lipinski definition) is 0. The fourth-order valence-electron chi connectivity index (χ4n) is 2.47. The van der Waals surface area contributed by atoms with E-state index < -0.39 is 0 Å². The Bertz CT molecular complexity index is 281. The SMILES string of the molecule is C[C@@H]1CC[C@H](c2ccccc2)N(C)C1. The Kier molecular flexibility index (Phi) is 2.87. The van der Waals surface area contributed by atoms with Crippen LogP contribution in [0.5, 0.6) is 0 Å². The highest BCUT2D eigenvalue weighted by molar-refractivity contribution is 5.19. The van der Waals surface area contributed by atoms with Crippen LogP contribution in [0.2, 0.25) is 0 Å².